The molecule has 4 aliphatic rings. The van der Waals surface area contributed by atoms with Crippen molar-refractivity contribution in [1.82, 2.24) is 4.90 Å². The molecule has 8 rings (SSSR count). The Morgan fingerprint density at radius 2 is 1.62 bits per heavy atom. The number of rotatable bonds is 16. The molecule has 1 amide bonds. The van der Waals surface area contributed by atoms with Crippen LogP contribution >= 0.6 is 0 Å². The number of ether oxygens (including phenoxy) is 5. The van der Waals surface area contributed by atoms with Crippen LogP contribution in [0.1, 0.15) is 87.6 Å². The van der Waals surface area contributed by atoms with Crippen molar-refractivity contribution >= 4 is 22.4 Å². The molecule has 2 heterocycles. The summed E-state index contributed by atoms with van der Waals surface area (Å²) in [5, 5.41) is 27.0. The van der Waals surface area contributed by atoms with E-state index in [1.165, 1.54) is 0 Å². The van der Waals surface area contributed by atoms with Crippen LogP contribution in [0.25, 0.3) is 10.8 Å². The van der Waals surface area contributed by atoms with Gasteiger partial charge in [0.05, 0.1) is 18.2 Å². The molecule has 0 spiro atoms. The largest absolute Gasteiger partial charge is 0.459 e. The zero-order valence-corrected chi connectivity index (χ0v) is 35.7. The molecule has 0 aromatic heterocycles. The van der Waals surface area contributed by atoms with Gasteiger partial charge in [-0.2, -0.15) is 0 Å². The quantitative estimate of drug-likeness (QED) is 0.0645. The lowest BCUT2D eigenvalue weighted by atomic mass is 9.55. The molecule has 2 N–H and O–H groups in total. The molecule has 4 aromatic rings. The number of fused-ring (bicyclic) bond motifs is 4. The minimum atomic E-state index is -1.38. The lowest BCUT2D eigenvalue weighted by Crippen LogP contribution is -2.69. The zero-order valence-electron chi connectivity index (χ0n) is 35.7. The number of likely N-dealkylation sites (N-methyl/N-ethyl adjacent to an activating group) is 1. The number of aliphatic hydroxyl groups excluding tert-OH is 2. The fourth-order valence-corrected chi connectivity index (χ4v) is 9.73. The molecule has 1 saturated carbocycles. The second-order valence-corrected chi connectivity index (χ2v) is 17.6. The van der Waals surface area contributed by atoms with Gasteiger partial charge in [0.25, 0.3) is 5.91 Å². The molecule has 2 aliphatic heterocycles. The first-order valence-electron chi connectivity index (χ1n) is 21.6. The number of allylic oxidation sites excluding steroid dienone is 1. The topological polar surface area (TPSA) is 129 Å². The summed E-state index contributed by atoms with van der Waals surface area (Å²) in [6.45, 7) is 10.4. The summed E-state index contributed by atoms with van der Waals surface area (Å²) in [6, 6.07) is 24.9. The zero-order chi connectivity index (χ0) is 42.7. The Morgan fingerprint density at radius 1 is 0.902 bits per heavy atom. The number of oxime groups is 1. The number of amides is 1. The summed E-state index contributed by atoms with van der Waals surface area (Å²) in [6.07, 6.45) is 9.03. The van der Waals surface area contributed by atoms with Gasteiger partial charge in [-0.3, -0.25) is 4.79 Å². The van der Waals surface area contributed by atoms with Crippen molar-refractivity contribution in [3.63, 3.8) is 0 Å². The van der Waals surface area contributed by atoms with Crippen molar-refractivity contribution in [1.29, 1.82) is 0 Å². The highest BCUT2D eigenvalue weighted by Crippen LogP contribution is 2.62. The average Bonchev–Trinajstić information content (AvgIpc) is 3.74. The highest BCUT2D eigenvalue weighted by molar-refractivity contribution is 6.03. The van der Waals surface area contributed by atoms with E-state index in [2.05, 4.69) is 36.9 Å². The standard InChI is InChI=1S/C50H58N2O9/c1-6-25-58-50-45(52(5)48(55)35-18-21-43-44(28-35)57-31-56-43)30-41(51-61-49(2,3)4)39-27-34(15-9-11-23-53)38(16-10-12-24-54)46(47(39)50)40-29-37(20-22-42(40)60-50)59-36-19-17-32-13-7-8-14-33(32)26-36/h6-8,13-14,17-22,26-29,34,38,45-47,53-54H,1,9-12,15-16,23-25,30-31H2,2-5H3/t34-,38+,45-,46+,47+,50+/m0/s1. The fourth-order valence-electron chi connectivity index (χ4n) is 9.73. The fraction of sp³-hybridized carbons (Fsp3) is 0.440. The van der Waals surface area contributed by atoms with Crippen molar-refractivity contribution < 1.29 is 43.5 Å². The van der Waals surface area contributed by atoms with Crippen LogP contribution < -0.4 is 18.9 Å². The van der Waals surface area contributed by atoms with E-state index in [1.807, 2.05) is 57.2 Å². The molecule has 2 aliphatic carbocycles. The maximum absolute atomic E-state index is 14.7. The third-order valence-corrected chi connectivity index (χ3v) is 12.4. The molecular formula is C50H58N2O9. The molecule has 0 unspecified atom stereocenters. The predicted molar refractivity (Wildman–Crippen MR) is 234 cm³/mol. The maximum Gasteiger partial charge on any atom is 0.254 e. The SMILES string of the molecule is C=CCO[C@@]12Oc3ccc(Oc4ccc5ccccc5c4)cc3[C@H]3[C@H](CCCCO)[C@@H](CCCCO)C=C(C(=NOC(C)(C)C)C[C@@H]1N(C)C(=O)c1ccc4c(c1)OCO4)[C@H]32. The monoisotopic (exact) mass is 830 g/mol. The van der Waals surface area contributed by atoms with Crippen LogP contribution in [0, 0.1) is 17.8 Å². The van der Waals surface area contributed by atoms with Gasteiger partial charge in [-0.1, -0.05) is 60.5 Å². The molecule has 11 nitrogen and oxygen atoms in total. The first kappa shape index (κ1) is 42.3. The van der Waals surface area contributed by atoms with Crippen LogP contribution in [0.15, 0.2) is 108 Å². The van der Waals surface area contributed by atoms with Crippen molar-refractivity contribution in [2.45, 2.75) is 89.1 Å². The van der Waals surface area contributed by atoms with E-state index < -0.39 is 23.3 Å². The predicted octanol–water partition coefficient (Wildman–Crippen LogP) is 9.57. The van der Waals surface area contributed by atoms with Gasteiger partial charge in [0.15, 0.2) is 11.5 Å². The minimum Gasteiger partial charge on any atom is -0.459 e. The molecular weight excluding hydrogens is 773 g/mol. The Labute approximate surface area is 358 Å². The molecule has 0 saturated heterocycles. The number of hydrogen-bond donors (Lipinski definition) is 2. The second-order valence-electron chi connectivity index (χ2n) is 17.6. The Morgan fingerprint density at radius 3 is 2.39 bits per heavy atom. The van der Waals surface area contributed by atoms with Gasteiger partial charge in [0.2, 0.25) is 12.6 Å². The molecule has 1 fully saturated rings. The van der Waals surface area contributed by atoms with Gasteiger partial charge in [0, 0.05) is 43.7 Å². The summed E-state index contributed by atoms with van der Waals surface area (Å²) in [7, 11) is 1.79. The molecule has 11 heteroatoms. The lowest BCUT2D eigenvalue weighted by molar-refractivity contribution is -0.252. The van der Waals surface area contributed by atoms with Crippen molar-refractivity contribution in [2.75, 3.05) is 33.7 Å². The Balaban J connectivity index is 1.30. The van der Waals surface area contributed by atoms with Crippen molar-refractivity contribution in [3.8, 4) is 28.7 Å². The van der Waals surface area contributed by atoms with Crippen LogP contribution in [0.3, 0.4) is 0 Å². The van der Waals surface area contributed by atoms with Crippen LogP contribution in [-0.2, 0) is 9.57 Å². The first-order chi connectivity index (χ1) is 29.5. The second kappa shape index (κ2) is 17.9. The highest BCUT2D eigenvalue weighted by Gasteiger charge is 2.65. The highest BCUT2D eigenvalue weighted by atomic mass is 16.7. The number of unbranched alkanes of at least 4 members (excludes halogenated alkanes) is 2. The van der Waals surface area contributed by atoms with Gasteiger partial charge in [-0.05, 0) is 123 Å². The molecule has 6 atom stereocenters. The van der Waals surface area contributed by atoms with Gasteiger partial charge >= 0.3 is 0 Å². The Kier molecular flexibility index (Phi) is 12.4. The summed E-state index contributed by atoms with van der Waals surface area (Å²) in [5.74, 6) is 1.06. The van der Waals surface area contributed by atoms with Crippen LogP contribution in [0.2, 0.25) is 0 Å². The van der Waals surface area contributed by atoms with E-state index in [4.69, 9.17) is 33.7 Å². The van der Waals surface area contributed by atoms with E-state index in [0.717, 1.165) is 59.1 Å². The third kappa shape index (κ3) is 8.61. The molecule has 0 radical (unpaired) electrons. The minimum absolute atomic E-state index is 0.0719. The third-order valence-electron chi connectivity index (χ3n) is 12.4. The molecule has 61 heavy (non-hydrogen) atoms. The summed E-state index contributed by atoms with van der Waals surface area (Å²) < 4.78 is 32.3. The number of hydrogen-bond acceptors (Lipinski definition) is 10. The van der Waals surface area contributed by atoms with Gasteiger partial charge < -0.3 is 43.6 Å². The number of benzene rings is 4. The molecule has 4 aromatic carbocycles. The normalized spacial score (nSPS) is 24.3. The van der Waals surface area contributed by atoms with Crippen LogP contribution in [0.4, 0.5) is 0 Å². The van der Waals surface area contributed by atoms with Gasteiger partial charge in [-0.25, -0.2) is 0 Å². The average molecular weight is 831 g/mol. The Bertz CT molecular complexity index is 2300. The van der Waals surface area contributed by atoms with Crippen molar-refractivity contribution in [3.05, 3.63) is 114 Å². The number of carbonyl (C=O) groups is 1. The lowest BCUT2D eigenvalue weighted by Gasteiger charge is -2.59. The number of aliphatic hydroxyl groups is 2. The van der Waals surface area contributed by atoms with Crippen LogP contribution in [0.5, 0.6) is 28.7 Å². The van der Waals surface area contributed by atoms with E-state index in [-0.39, 0.29) is 56.7 Å². The summed E-state index contributed by atoms with van der Waals surface area (Å²) in [5.41, 5.74) is 2.53. The van der Waals surface area contributed by atoms with Crippen molar-refractivity contribution in [2.24, 2.45) is 22.9 Å². The number of carbonyl (C=O) groups excluding carboxylic acids is 1. The number of nitrogens with zero attached hydrogens (tertiary/aromatic N) is 2. The summed E-state index contributed by atoms with van der Waals surface area (Å²) >= 11 is 0. The first-order valence-corrected chi connectivity index (χ1v) is 21.6. The van der Waals surface area contributed by atoms with Gasteiger partial charge in [0.1, 0.15) is 28.9 Å². The Hall–Kier alpha value is -5.36. The molecule has 0 bridgehead atoms. The summed E-state index contributed by atoms with van der Waals surface area (Å²) in [4.78, 5) is 22.7. The molecule has 322 valence electrons. The van der Waals surface area contributed by atoms with E-state index in [9.17, 15) is 15.0 Å². The van der Waals surface area contributed by atoms with E-state index in [1.54, 1.807) is 36.2 Å². The van der Waals surface area contributed by atoms with Gasteiger partial charge in [-0.15, -0.1) is 6.58 Å². The van der Waals surface area contributed by atoms with E-state index >= 15 is 0 Å². The van der Waals surface area contributed by atoms with Crippen LogP contribution in [-0.4, -0.2) is 77.8 Å². The maximum atomic E-state index is 14.7. The van der Waals surface area contributed by atoms with E-state index in [0.29, 0.717) is 41.4 Å². The smallest absolute Gasteiger partial charge is 0.254 e.